The lowest BCUT2D eigenvalue weighted by Gasteiger charge is -2.10. The summed E-state index contributed by atoms with van der Waals surface area (Å²) in [6, 6.07) is 1.75. The van der Waals surface area contributed by atoms with Crippen LogP contribution < -0.4 is 0 Å². The number of hydrogen-bond acceptors (Lipinski definition) is 5. The van der Waals surface area contributed by atoms with Crippen molar-refractivity contribution in [1.29, 1.82) is 0 Å². The van der Waals surface area contributed by atoms with E-state index in [9.17, 15) is 4.79 Å². The van der Waals surface area contributed by atoms with Crippen molar-refractivity contribution < 1.29 is 18.8 Å². The number of carboxylic acid groups (broad SMARTS) is 1. The first-order chi connectivity index (χ1) is 8.50. The number of rotatable bonds is 4. The summed E-state index contributed by atoms with van der Waals surface area (Å²) in [5.74, 6) is -0.371. The van der Waals surface area contributed by atoms with Crippen molar-refractivity contribution in [2.75, 3.05) is 0 Å². The summed E-state index contributed by atoms with van der Waals surface area (Å²) in [4.78, 5) is 15.1. The van der Waals surface area contributed by atoms with Crippen molar-refractivity contribution in [3.05, 3.63) is 24.0 Å². The predicted octanol–water partition coefficient (Wildman–Crippen LogP) is 2.46. The summed E-state index contributed by atoms with van der Waals surface area (Å²) in [6.45, 7) is 5.16. The number of hydrogen-bond donors (Lipinski definition) is 1. The molecule has 0 bridgehead atoms. The Kier molecular flexibility index (Phi) is 3.18. The Hall–Kier alpha value is -2.11. The number of aryl methyl sites for hydroxylation is 1. The first-order valence-corrected chi connectivity index (χ1v) is 5.61. The second-order valence-electron chi connectivity index (χ2n) is 4.26. The Labute approximate surface area is 104 Å². The van der Waals surface area contributed by atoms with E-state index in [1.807, 2.05) is 0 Å². The maximum Gasteiger partial charge on any atom is 0.307 e. The molecule has 2 rings (SSSR count). The molecule has 6 heteroatoms. The minimum absolute atomic E-state index is 0.320. The van der Waals surface area contributed by atoms with Crippen LogP contribution in [0.5, 0.6) is 0 Å². The van der Waals surface area contributed by atoms with Gasteiger partial charge >= 0.3 is 5.97 Å². The van der Waals surface area contributed by atoms with Crippen molar-refractivity contribution in [3.63, 3.8) is 0 Å². The van der Waals surface area contributed by atoms with Crippen LogP contribution in [0.2, 0.25) is 0 Å². The van der Waals surface area contributed by atoms with Crippen molar-refractivity contribution in [3.8, 4) is 11.4 Å². The second kappa shape index (κ2) is 4.64. The molecule has 2 aromatic heterocycles. The zero-order chi connectivity index (χ0) is 13.3. The SMILES string of the molecule is Cc1occc1-c1noc(C(C)C(C)C(=O)O)n1. The van der Waals surface area contributed by atoms with E-state index in [0.29, 0.717) is 17.5 Å². The van der Waals surface area contributed by atoms with Crippen LogP contribution >= 0.6 is 0 Å². The monoisotopic (exact) mass is 250 g/mol. The summed E-state index contributed by atoms with van der Waals surface area (Å²) in [7, 11) is 0. The molecular weight excluding hydrogens is 236 g/mol. The minimum atomic E-state index is -0.887. The highest BCUT2D eigenvalue weighted by atomic mass is 16.5. The van der Waals surface area contributed by atoms with Crippen LogP contribution in [0.3, 0.4) is 0 Å². The predicted molar refractivity (Wildman–Crippen MR) is 62.0 cm³/mol. The molecule has 0 saturated heterocycles. The first kappa shape index (κ1) is 12.3. The number of carbonyl (C=O) groups is 1. The summed E-state index contributed by atoms with van der Waals surface area (Å²) in [5, 5.41) is 12.8. The van der Waals surface area contributed by atoms with Gasteiger partial charge < -0.3 is 14.0 Å². The molecule has 0 fully saturated rings. The fourth-order valence-electron chi connectivity index (χ4n) is 1.57. The normalized spacial score (nSPS) is 14.4. The molecule has 2 heterocycles. The van der Waals surface area contributed by atoms with Gasteiger partial charge in [0.15, 0.2) is 0 Å². The van der Waals surface area contributed by atoms with Crippen molar-refractivity contribution in [1.82, 2.24) is 10.1 Å². The molecule has 1 N–H and O–H groups in total. The van der Waals surface area contributed by atoms with E-state index >= 15 is 0 Å². The Morgan fingerprint density at radius 3 is 2.72 bits per heavy atom. The lowest BCUT2D eigenvalue weighted by Crippen LogP contribution is -2.16. The Morgan fingerprint density at radius 2 is 2.17 bits per heavy atom. The summed E-state index contributed by atoms with van der Waals surface area (Å²) in [6.07, 6.45) is 1.55. The molecule has 2 atom stereocenters. The number of carboxylic acids is 1. The van der Waals surface area contributed by atoms with Crippen LogP contribution in [0.25, 0.3) is 11.4 Å². The molecule has 0 radical (unpaired) electrons. The summed E-state index contributed by atoms with van der Waals surface area (Å²) in [5.41, 5.74) is 0.750. The standard InChI is InChI=1S/C12H14N2O4/c1-6(7(2)12(15)16)11-13-10(14-18-11)9-4-5-17-8(9)3/h4-7H,1-3H3,(H,15,16). The van der Waals surface area contributed by atoms with E-state index in [1.54, 1.807) is 33.1 Å². The quantitative estimate of drug-likeness (QED) is 0.896. The van der Waals surface area contributed by atoms with Crippen LogP contribution in [0.1, 0.15) is 31.4 Å². The summed E-state index contributed by atoms with van der Waals surface area (Å²) < 4.78 is 10.3. The van der Waals surface area contributed by atoms with Crippen molar-refractivity contribution >= 4 is 5.97 Å². The van der Waals surface area contributed by atoms with Crippen molar-refractivity contribution in [2.45, 2.75) is 26.7 Å². The molecule has 96 valence electrons. The van der Waals surface area contributed by atoms with E-state index in [-0.39, 0.29) is 5.92 Å². The van der Waals surface area contributed by atoms with Gasteiger partial charge in [0.25, 0.3) is 0 Å². The average molecular weight is 250 g/mol. The van der Waals surface area contributed by atoms with Gasteiger partial charge in [-0.05, 0) is 13.0 Å². The number of nitrogens with zero attached hydrogens (tertiary/aromatic N) is 2. The number of aromatic nitrogens is 2. The average Bonchev–Trinajstić information content (AvgIpc) is 2.95. The van der Waals surface area contributed by atoms with Gasteiger partial charge in [0.2, 0.25) is 11.7 Å². The Bertz CT molecular complexity index is 558. The van der Waals surface area contributed by atoms with Gasteiger partial charge in [-0.25, -0.2) is 0 Å². The smallest absolute Gasteiger partial charge is 0.307 e. The Morgan fingerprint density at radius 1 is 1.44 bits per heavy atom. The van der Waals surface area contributed by atoms with Gasteiger partial charge in [-0.2, -0.15) is 4.98 Å². The van der Waals surface area contributed by atoms with E-state index < -0.39 is 11.9 Å². The van der Waals surface area contributed by atoms with E-state index in [4.69, 9.17) is 14.0 Å². The highest BCUT2D eigenvalue weighted by Gasteiger charge is 2.26. The third kappa shape index (κ3) is 2.13. The summed E-state index contributed by atoms with van der Waals surface area (Å²) >= 11 is 0. The second-order valence-corrected chi connectivity index (χ2v) is 4.26. The van der Waals surface area contributed by atoms with Gasteiger partial charge in [0, 0.05) is 5.92 Å². The van der Waals surface area contributed by atoms with Crippen LogP contribution in [0.15, 0.2) is 21.3 Å². The first-order valence-electron chi connectivity index (χ1n) is 5.61. The largest absolute Gasteiger partial charge is 0.481 e. The Balaban J connectivity index is 2.26. The topological polar surface area (TPSA) is 89.4 Å². The van der Waals surface area contributed by atoms with Crippen LogP contribution in [0, 0.1) is 12.8 Å². The van der Waals surface area contributed by atoms with Gasteiger partial charge in [-0.1, -0.05) is 19.0 Å². The fourth-order valence-corrected chi connectivity index (χ4v) is 1.57. The zero-order valence-corrected chi connectivity index (χ0v) is 10.4. The van der Waals surface area contributed by atoms with E-state index in [2.05, 4.69) is 10.1 Å². The molecule has 0 aliphatic carbocycles. The van der Waals surface area contributed by atoms with Gasteiger partial charge in [-0.3, -0.25) is 4.79 Å². The zero-order valence-electron chi connectivity index (χ0n) is 10.4. The third-order valence-electron chi connectivity index (χ3n) is 3.07. The lowest BCUT2D eigenvalue weighted by atomic mass is 9.96. The molecule has 0 spiro atoms. The molecule has 0 aliphatic rings. The maximum atomic E-state index is 10.9. The van der Waals surface area contributed by atoms with E-state index in [1.165, 1.54) is 0 Å². The molecule has 18 heavy (non-hydrogen) atoms. The van der Waals surface area contributed by atoms with Gasteiger partial charge in [0.05, 0.1) is 17.7 Å². The van der Waals surface area contributed by atoms with Crippen LogP contribution in [-0.4, -0.2) is 21.2 Å². The van der Waals surface area contributed by atoms with Crippen LogP contribution in [-0.2, 0) is 4.79 Å². The van der Waals surface area contributed by atoms with Gasteiger partial charge in [-0.15, -0.1) is 0 Å². The molecule has 0 saturated carbocycles. The number of aliphatic carboxylic acids is 1. The van der Waals surface area contributed by atoms with E-state index in [0.717, 1.165) is 5.56 Å². The highest BCUT2D eigenvalue weighted by molar-refractivity contribution is 5.70. The fraction of sp³-hybridized carbons (Fsp3) is 0.417. The molecule has 0 aromatic carbocycles. The molecular formula is C12H14N2O4. The molecule has 0 aliphatic heterocycles. The lowest BCUT2D eigenvalue weighted by molar-refractivity contribution is -0.141. The highest BCUT2D eigenvalue weighted by Crippen LogP contribution is 2.26. The maximum absolute atomic E-state index is 10.9. The van der Waals surface area contributed by atoms with Crippen LogP contribution in [0.4, 0.5) is 0 Å². The third-order valence-corrected chi connectivity index (χ3v) is 3.07. The number of furan rings is 1. The minimum Gasteiger partial charge on any atom is -0.481 e. The molecule has 2 unspecified atom stereocenters. The molecule has 2 aromatic rings. The molecule has 6 nitrogen and oxygen atoms in total. The van der Waals surface area contributed by atoms with Crippen molar-refractivity contribution in [2.24, 2.45) is 5.92 Å². The van der Waals surface area contributed by atoms with Gasteiger partial charge in [0.1, 0.15) is 5.76 Å². The molecule has 0 amide bonds.